The monoisotopic (exact) mass is 215 g/mol. The number of aromatic nitrogens is 3. The summed E-state index contributed by atoms with van der Waals surface area (Å²) in [4.78, 5) is 0. The Morgan fingerprint density at radius 2 is 2.57 bits per heavy atom. The average Bonchev–Trinajstić information content (AvgIpc) is 2.77. The van der Waals surface area contributed by atoms with Gasteiger partial charge in [0, 0.05) is 19.1 Å². The van der Waals surface area contributed by atoms with Crippen molar-refractivity contribution in [2.45, 2.75) is 32.4 Å². The average molecular weight is 216 g/mol. The van der Waals surface area contributed by atoms with Gasteiger partial charge in [-0.1, -0.05) is 6.92 Å². The lowest BCUT2D eigenvalue weighted by Crippen LogP contribution is -2.20. The van der Waals surface area contributed by atoms with E-state index in [4.69, 9.17) is 16.3 Å². The minimum atomic E-state index is 0.369. The molecule has 2 unspecified atom stereocenters. The molecule has 1 aliphatic rings. The molecule has 14 heavy (non-hydrogen) atoms. The molecule has 0 spiro atoms. The van der Waals surface area contributed by atoms with Gasteiger partial charge in [-0.3, -0.25) is 0 Å². The van der Waals surface area contributed by atoms with Crippen molar-refractivity contribution in [1.82, 2.24) is 14.8 Å². The molecule has 0 bridgehead atoms. The summed E-state index contributed by atoms with van der Waals surface area (Å²) < 4.78 is 7.48. The third-order valence-corrected chi connectivity index (χ3v) is 3.04. The van der Waals surface area contributed by atoms with Crippen LogP contribution in [0.1, 0.15) is 19.8 Å². The second kappa shape index (κ2) is 4.28. The molecule has 1 saturated heterocycles. The molecule has 0 N–H and O–H groups in total. The van der Waals surface area contributed by atoms with Gasteiger partial charge in [0.05, 0.1) is 6.10 Å². The number of halogens is 1. The van der Waals surface area contributed by atoms with Crippen LogP contribution in [0, 0.1) is 5.92 Å². The highest BCUT2D eigenvalue weighted by Gasteiger charge is 2.27. The minimum Gasteiger partial charge on any atom is -0.378 e. The molecule has 1 aromatic rings. The maximum Gasteiger partial charge on any atom is 0.224 e. The number of hydrogen-bond donors (Lipinski definition) is 0. The minimum absolute atomic E-state index is 0.369. The summed E-state index contributed by atoms with van der Waals surface area (Å²) in [5.74, 6) is 0.550. The maximum atomic E-state index is 5.86. The van der Waals surface area contributed by atoms with Crippen LogP contribution in [-0.4, -0.2) is 27.5 Å². The van der Waals surface area contributed by atoms with Crippen molar-refractivity contribution in [3.05, 3.63) is 11.6 Å². The predicted molar refractivity (Wildman–Crippen MR) is 53.2 cm³/mol. The van der Waals surface area contributed by atoms with Gasteiger partial charge in [0.25, 0.3) is 0 Å². The molecule has 0 aliphatic carbocycles. The second-order valence-corrected chi connectivity index (χ2v) is 3.96. The van der Waals surface area contributed by atoms with Crippen molar-refractivity contribution in [2.24, 2.45) is 5.92 Å². The quantitative estimate of drug-likeness (QED) is 0.771. The van der Waals surface area contributed by atoms with Crippen LogP contribution in [0.5, 0.6) is 0 Å². The Hall–Kier alpha value is -0.610. The Labute approximate surface area is 88.2 Å². The van der Waals surface area contributed by atoms with Crippen LogP contribution in [0.25, 0.3) is 0 Å². The van der Waals surface area contributed by atoms with E-state index < -0.39 is 0 Å². The summed E-state index contributed by atoms with van der Waals surface area (Å²) >= 11 is 5.86. The van der Waals surface area contributed by atoms with E-state index in [9.17, 15) is 0 Å². The maximum absolute atomic E-state index is 5.86. The van der Waals surface area contributed by atoms with E-state index in [-0.39, 0.29) is 0 Å². The first-order valence-corrected chi connectivity index (χ1v) is 5.34. The molecule has 0 radical (unpaired) electrons. The molecule has 0 aromatic carbocycles. The lowest BCUT2D eigenvalue weighted by Gasteiger charge is -2.16. The fourth-order valence-electron chi connectivity index (χ4n) is 1.97. The summed E-state index contributed by atoms with van der Waals surface area (Å²) in [5.41, 5.74) is 0. The Bertz CT molecular complexity index is 302. The van der Waals surface area contributed by atoms with E-state index >= 15 is 0 Å². The molecule has 1 aromatic heterocycles. The molecule has 1 aliphatic heterocycles. The number of hydrogen-bond acceptors (Lipinski definition) is 3. The van der Waals surface area contributed by atoms with E-state index in [1.54, 1.807) is 6.33 Å². The van der Waals surface area contributed by atoms with E-state index in [2.05, 4.69) is 17.1 Å². The molecule has 0 amide bonds. The van der Waals surface area contributed by atoms with Crippen molar-refractivity contribution >= 4 is 11.6 Å². The Morgan fingerprint density at radius 1 is 1.71 bits per heavy atom. The SMILES string of the molecule is CCC1OCCC1Cn1cnnc1Cl. The summed E-state index contributed by atoms with van der Waals surface area (Å²) in [5, 5.41) is 7.97. The highest BCUT2D eigenvalue weighted by atomic mass is 35.5. The first-order valence-electron chi connectivity index (χ1n) is 4.96. The predicted octanol–water partition coefficient (Wildman–Crippen LogP) is 1.75. The Morgan fingerprint density at radius 3 is 3.21 bits per heavy atom. The number of rotatable bonds is 3. The van der Waals surface area contributed by atoms with E-state index in [1.165, 1.54) is 0 Å². The highest BCUT2D eigenvalue weighted by molar-refractivity contribution is 6.28. The summed E-state index contributed by atoms with van der Waals surface area (Å²) in [6.07, 6.45) is 4.21. The normalized spacial score (nSPS) is 27.0. The Balaban J connectivity index is 2.00. The van der Waals surface area contributed by atoms with Crippen molar-refractivity contribution in [3.63, 3.8) is 0 Å². The molecule has 1 fully saturated rings. The van der Waals surface area contributed by atoms with Gasteiger partial charge in [0.2, 0.25) is 5.28 Å². The first kappa shape index (κ1) is 9.93. The number of nitrogens with zero attached hydrogens (tertiary/aromatic N) is 3. The van der Waals surface area contributed by atoms with Gasteiger partial charge < -0.3 is 9.30 Å². The van der Waals surface area contributed by atoms with Gasteiger partial charge >= 0.3 is 0 Å². The largest absolute Gasteiger partial charge is 0.378 e. The van der Waals surface area contributed by atoms with Crippen LogP contribution in [0.15, 0.2) is 6.33 Å². The van der Waals surface area contributed by atoms with Crippen LogP contribution < -0.4 is 0 Å². The van der Waals surface area contributed by atoms with Gasteiger partial charge in [0.15, 0.2) is 0 Å². The van der Waals surface area contributed by atoms with Crippen LogP contribution in [-0.2, 0) is 11.3 Å². The molecule has 4 nitrogen and oxygen atoms in total. The molecular weight excluding hydrogens is 202 g/mol. The third kappa shape index (κ3) is 1.91. The van der Waals surface area contributed by atoms with E-state index in [0.717, 1.165) is 26.0 Å². The summed E-state index contributed by atoms with van der Waals surface area (Å²) in [6.45, 7) is 3.88. The van der Waals surface area contributed by atoms with Crippen LogP contribution >= 0.6 is 11.6 Å². The van der Waals surface area contributed by atoms with Gasteiger partial charge in [-0.15, -0.1) is 10.2 Å². The zero-order valence-corrected chi connectivity index (χ0v) is 8.94. The highest BCUT2D eigenvalue weighted by Crippen LogP contribution is 2.25. The topological polar surface area (TPSA) is 39.9 Å². The molecule has 2 heterocycles. The zero-order valence-electron chi connectivity index (χ0n) is 8.19. The molecular formula is C9H14ClN3O. The van der Waals surface area contributed by atoms with Crippen LogP contribution in [0.4, 0.5) is 0 Å². The van der Waals surface area contributed by atoms with Crippen molar-refractivity contribution in [3.8, 4) is 0 Å². The lowest BCUT2D eigenvalue weighted by atomic mass is 10.00. The van der Waals surface area contributed by atoms with Crippen molar-refractivity contribution in [2.75, 3.05) is 6.61 Å². The Kier molecular flexibility index (Phi) is 3.03. The van der Waals surface area contributed by atoms with E-state index in [0.29, 0.717) is 17.3 Å². The van der Waals surface area contributed by atoms with Gasteiger partial charge in [0.1, 0.15) is 6.33 Å². The van der Waals surface area contributed by atoms with Crippen molar-refractivity contribution in [1.29, 1.82) is 0 Å². The van der Waals surface area contributed by atoms with E-state index in [1.807, 2.05) is 4.57 Å². The smallest absolute Gasteiger partial charge is 0.224 e. The summed E-state index contributed by atoms with van der Waals surface area (Å²) in [7, 11) is 0. The lowest BCUT2D eigenvalue weighted by molar-refractivity contribution is 0.0835. The number of ether oxygens (including phenoxy) is 1. The molecule has 5 heteroatoms. The molecule has 2 atom stereocenters. The van der Waals surface area contributed by atoms with Gasteiger partial charge in [-0.05, 0) is 24.4 Å². The zero-order chi connectivity index (χ0) is 9.97. The third-order valence-electron chi connectivity index (χ3n) is 2.75. The van der Waals surface area contributed by atoms with Crippen LogP contribution in [0.3, 0.4) is 0 Å². The fraction of sp³-hybridized carbons (Fsp3) is 0.778. The standard InChI is InChI=1S/C9H14ClN3O/c1-2-8-7(3-4-14-8)5-13-6-11-12-9(13)10/h6-8H,2-5H2,1H3. The van der Waals surface area contributed by atoms with Gasteiger partial charge in [-0.2, -0.15) is 0 Å². The molecule has 0 saturated carbocycles. The van der Waals surface area contributed by atoms with Crippen LogP contribution in [0.2, 0.25) is 5.28 Å². The molecule has 2 rings (SSSR count). The first-order chi connectivity index (χ1) is 6.81. The summed E-state index contributed by atoms with van der Waals surface area (Å²) in [6, 6.07) is 0. The van der Waals surface area contributed by atoms with Gasteiger partial charge in [-0.25, -0.2) is 0 Å². The van der Waals surface area contributed by atoms with Crippen molar-refractivity contribution < 1.29 is 4.74 Å². The molecule has 78 valence electrons. The second-order valence-electron chi connectivity index (χ2n) is 3.62. The fourth-order valence-corrected chi connectivity index (χ4v) is 2.13.